The molecule has 3 fully saturated rings. The van der Waals surface area contributed by atoms with E-state index in [4.69, 9.17) is 22.3 Å². The fourth-order valence-corrected chi connectivity index (χ4v) is 6.09. The number of likely N-dealkylation sites (tertiary alicyclic amines) is 1. The molecule has 0 radical (unpaired) electrons. The zero-order chi connectivity index (χ0) is 24.0. The molecule has 182 valence electrons. The van der Waals surface area contributed by atoms with Crippen molar-refractivity contribution in [2.24, 2.45) is 5.73 Å². The standard InChI is InChI=1S/C23H25ClF3N5OS/c24-20-5-13(25)1-4-19(20)22(33)31-11-16-2-3-17(12-31)32(16)21-7-18(6-14(10-28)29-21)34-30-15-8-23(26,27)9-15/h1,4-7,15-17,30H,2-3,8-12,28H2. The van der Waals surface area contributed by atoms with E-state index < -0.39 is 11.7 Å². The highest BCUT2D eigenvalue weighted by molar-refractivity contribution is 7.97. The molecule has 2 aromatic rings. The summed E-state index contributed by atoms with van der Waals surface area (Å²) in [7, 11) is 0. The summed E-state index contributed by atoms with van der Waals surface area (Å²) in [6, 6.07) is 7.59. The normalized spacial score (nSPS) is 23.8. The predicted octanol–water partition coefficient (Wildman–Crippen LogP) is 4.22. The summed E-state index contributed by atoms with van der Waals surface area (Å²) >= 11 is 7.45. The van der Waals surface area contributed by atoms with Gasteiger partial charge < -0.3 is 15.5 Å². The number of hydrogen-bond donors (Lipinski definition) is 2. The Kier molecular flexibility index (Phi) is 6.43. The lowest BCUT2D eigenvalue weighted by molar-refractivity contribution is -0.0872. The van der Waals surface area contributed by atoms with Crippen molar-refractivity contribution in [3.05, 3.63) is 52.4 Å². The third-order valence-corrected chi connectivity index (χ3v) is 7.91. The minimum absolute atomic E-state index is 0.0820. The molecule has 2 saturated heterocycles. The van der Waals surface area contributed by atoms with Gasteiger partial charge in [-0.25, -0.2) is 18.2 Å². The van der Waals surface area contributed by atoms with E-state index in [0.717, 1.165) is 35.3 Å². The number of aromatic nitrogens is 1. The van der Waals surface area contributed by atoms with Crippen molar-refractivity contribution < 1.29 is 18.0 Å². The highest BCUT2D eigenvalue weighted by Crippen LogP contribution is 2.40. The van der Waals surface area contributed by atoms with Gasteiger partial charge in [-0.3, -0.25) is 9.52 Å². The molecule has 3 heterocycles. The summed E-state index contributed by atoms with van der Waals surface area (Å²) in [6.07, 6.45) is 1.52. The number of carbonyl (C=O) groups is 1. The number of amides is 1. The lowest BCUT2D eigenvalue weighted by Crippen LogP contribution is -2.55. The maximum absolute atomic E-state index is 13.4. The molecule has 2 bridgehead atoms. The molecule has 1 aliphatic carbocycles. The number of halogens is 4. The molecule has 1 saturated carbocycles. The van der Waals surface area contributed by atoms with Crippen LogP contribution in [0.15, 0.2) is 35.2 Å². The maximum Gasteiger partial charge on any atom is 0.255 e. The number of fused-ring (bicyclic) bond motifs is 2. The first-order valence-electron chi connectivity index (χ1n) is 11.3. The number of rotatable bonds is 6. The van der Waals surface area contributed by atoms with Gasteiger partial charge in [-0.2, -0.15) is 0 Å². The van der Waals surface area contributed by atoms with Crippen molar-refractivity contribution in [2.45, 2.75) is 61.2 Å². The van der Waals surface area contributed by atoms with E-state index in [9.17, 15) is 18.0 Å². The molecule has 5 rings (SSSR count). The Bertz CT molecular complexity index is 1080. The number of nitrogens with two attached hydrogens (primary N) is 1. The molecule has 1 aromatic heterocycles. The van der Waals surface area contributed by atoms with Gasteiger partial charge in [0.2, 0.25) is 0 Å². The zero-order valence-corrected chi connectivity index (χ0v) is 19.9. The van der Waals surface area contributed by atoms with Crippen molar-refractivity contribution in [2.75, 3.05) is 18.0 Å². The van der Waals surface area contributed by atoms with Crippen LogP contribution >= 0.6 is 23.5 Å². The van der Waals surface area contributed by atoms with Crippen LogP contribution in [0, 0.1) is 5.82 Å². The number of nitrogens with one attached hydrogen (secondary N) is 1. The first-order chi connectivity index (χ1) is 16.2. The van der Waals surface area contributed by atoms with Gasteiger partial charge in [-0.05, 0) is 55.1 Å². The van der Waals surface area contributed by atoms with E-state index in [2.05, 4.69) is 9.62 Å². The largest absolute Gasteiger partial charge is 0.347 e. The van der Waals surface area contributed by atoms with E-state index in [1.807, 2.05) is 12.1 Å². The molecule has 2 atom stereocenters. The van der Waals surface area contributed by atoms with Crippen molar-refractivity contribution in [3.63, 3.8) is 0 Å². The molecule has 3 N–H and O–H groups in total. The summed E-state index contributed by atoms with van der Waals surface area (Å²) in [5.41, 5.74) is 6.90. The SMILES string of the molecule is NCc1cc(SNC2CC(F)(F)C2)cc(N2C3CCC2CN(C(=O)c2ccc(F)cc2Cl)C3)n1. The van der Waals surface area contributed by atoms with Crippen LogP contribution in [-0.2, 0) is 6.54 Å². The molecule has 2 unspecified atom stereocenters. The number of benzene rings is 1. The molecule has 1 aromatic carbocycles. The second-order valence-corrected chi connectivity index (χ2v) is 10.5. The van der Waals surface area contributed by atoms with Gasteiger partial charge in [0.1, 0.15) is 11.6 Å². The molecule has 34 heavy (non-hydrogen) atoms. The first kappa shape index (κ1) is 23.7. The Morgan fingerprint density at radius 2 is 1.91 bits per heavy atom. The number of piperazine rings is 1. The number of carbonyl (C=O) groups excluding carboxylic acids is 1. The van der Waals surface area contributed by atoms with Crippen molar-refractivity contribution in [1.29, 1.82) is 0 Å². The zero-order valence-electron chi connectivity index (χ0n) is 18.3. The lowest BCUT2D eigenvalue weighted by Gasteiger charge is -2.42. The number of anilines is 1. The van der Waals surface area contributed by atoms with Crippen LogP contribution in [0.5, 0.6) is 0 Å². The number of nitrogens with zero attached hydrogens (tertiary/aromatic N) is 3. The van der Waals surface area contributed by atoms with Crippen LogP contribution in [0.3, 0.4) is 0 Å². The topological polar surface area (TPSA) is 74.5 Å². The van der Waals surface area contributed by atoms with E-state index in [0.29, 0.717) is 18.7 Å². The smallest absolute Gasteiger partial charge is 0.255 e. The molecular formula is C23H25ClF3N5OS. The monoisotopic (exact) mass is 511 g/mol. The summed E-state index contributed by atoms with van der Waals surface area (Å²) in [5, 5.41) is 0.107. The fourth-order valence-electron chi connectivity index (χ4n) is 5.01. The lowest BCUT2D eigenvalue weighted by atomic mass is 9.89. The third kappa shape index (κ3) is 4.73. The Morgan fingerprint density at radius 3 is 2.53 bits per heavy atom. The maximum atomic E-state index is 13.4. The molecule has 0 spiro atoms. The van der Waals surface area contributed by atoms with Crippen LogP contribution in [0.1, 0.15) is 41.7 Å². The Morgan fingerprint density at radius 1 is 1.21 bits per heavy atom. The Balaban J connectivity index is 1.30. The van der Waals surface area contributed by atoms with Crippen LogP contribution in [0.4, 0.5) is 19.0 Å². The molecule has 1 amide bonds. The van der Waals surface area contributed by atoms with Crippen molar-refractivity contribution in [3.8, 4) is 0 Å². The summed E-state index contributed by atoms with van der Waals surface area (Å²) in [5.74, 6) is -2.47. The van der Waals surface area contributed by atoms with Crippen LogP contribution in [-0.4, -0.2) is 52.9 Å². The molecule has 6 nitrogen and oxygen atoms in total. The van der Waals surface area contributed by atoms with E-state index in [1.165, 1.54) is 24.1 Å². The Hall–Kier alpha value is -2.01. The average Bonchev–Trinajstić information content (AvgIpc) is 3.04. The van der Waals surface area contributed by atoms with Gasteiger partial charge in [0.05, 0.1) is 16.3 Å². The number of alkyl halides is 2. The van der Waals surface area contributed by atoms with Crippen LogP contribution in [0.2, 0.25) is 5.02 Å². The van der Waals surface area contributed by atoms with Gasteiger partial charge in [-0.15, -0.1) is 0 Å². The quantitative estimate of drug-likeness (QED) is 0.566. The van der Waals surface area contributed by atoms with E-state index in [1.54, 1.807) is 4.90 Å². The highest BCUT2D eigenvalue weighted by atomic mass is 35.5. The molecule has 11 heteroatoms. The molecule has 3 aliphatic rings. The number of hydrogen-bond acceptors (Lipinski definition) is 6. The molecular weight excluding hydrogens is 487 g/mol. The summed E-state index contributed by atoms with van der Waals surface area (Å²) in [4.78, 5) is 22.7. The average molecular weight is 512 g/mol. The van der Waals surface area contributed by atoms with Gasteiger partial charge in [0, 0.05) is 55.5 Å². The fraction of sp³-hybridized carbons (Fsp3) is 0.478. The summed E-state index contributed by atoms with van der Waals surface area (Å²) in [6.45, 7) is 1.28. The van der Waals surface area contributed by atoms with Gasteiger partial charge in [0.15, 0.2) is 0 Å². The second-order valence-electron chi connectivity index (χ2n) is 9.16. The second kappa shape index (κ2) is 9.22. The minimum atomic E-state index is -2.57. The van der Waals surface area contributed by atoms with Gasteiger partial charge in [0.25, 0.3) is 11.8 Å². The first-order valence-corrected chi connectivity index (χ1v) is 12.5. The Labute approximate surface area is 205 Å². The van der Waals surface area contributed by atoms with Gasteiger partial charge in [-0.1, -0.05) is 11.6 Å². The predicted molar refractivity (Wildman–Crippen MR) is 126 cm³/mol. The minimum Gasteiger partial charge on any atom is -0.347 e. The van der Waals surface area contributed by atoms with Crippen molar-refractivity contribution >= 4 is 35.3 Å². The van der Waals surface area contributed by atoms with Crippen molar-refractivity contribution in [1.82, 2.24) is 14.6 Å². The molecule has 2 aliphatic heterocycles. The summed E-state index contributed by atoms with van der Waals surface area (Å²) < 4.78 is 42.8. The van der Waals surface area contributed by atoms with Crippen LogP contribution < -0.4 is 15.4 Å². The van der Waals surface area contributed by atoms with Crippen LogP contribution in [0.25, 0.3) is 0 Å². The van der Waals surface area contributed by atoms with E-state index in [-0.39, 0.29) is 48.4 Å². The third-order valence-electron chi connectivity index (χ3n) is 6.68. The van der Waals surface area contributed by atoms with E-state index >= 15 is 0 Å². The van der Waals surface area contributed by atoms with Gasteiger partial charge >= 0.3 is 0 Å². The highest BCUT2D eigenvalue weighted by Gasteiger charge is 2.45. The number of pyridine rings is 1.